The minimum Gasteiger partial charge on any atom is -0.497 e. The molecule has 6 nitrogen and oxygen atoms in total. The Balaban J connectivity index is 1.66. The van der Waals surface area contributed by atoms with E-state index in [0.29, 0.717) is 6.04 Å². The number of morpholine rings is 1. The minimum absolute atomic E-state index is 0.0869. The third-order valence-electron chi connectivity index (χ3n) is 6.13. The summed E-state index contributed by atoms with van der Waals surface area (Å²) in [6.45, 7) is 15.4. The van der Waals surface area contributed by atoms with Crippen LogP contribution in [-0.4, -0.2) is 78.5 Å². The fourth-order valence-electron chi connectivity index (χ4n) is 4.98. The van der Waals surface area contributed by atoms with Crippen molar-refractivity contribution < 1.29 is 9.47 Å². The third-order valence-corrected chi connectivity index (χ3v) is 6.50. The fourth-order valence-corrected chi connectivity index (χ4v) is 5.30. The summed E-state index contributed by atoms with van der Waals surface area (Å²) in [4.78, 5) is 4.78. The number of benzene rings is 1. The van der Waals surface area contributed by atoms with Crippen LogP contribution in [0.4, 0.5) is 0 Å². The van der Waals surface area contributed by atoms with Crippen LogP contribution in [-0.2, 0) is 11.3 Å². The van der Waals surface area contributed by atoms with Crippen LogP contribution in [0.5, 0.6) is 5.75 Å². The maximum Gasteiger partial charge on any atom is 0.169 e. The van der Waals surface area contributed by atoms with Gasteiger partial charge in [0.1, 0.15) is 5.75 Å². The molecule has 0 radical (unpaired) electrons. The van der Waals surface area contributed by atoms with Crippen molar-refractivity contribution in [2.45, 2.75) is 64.2 Å². The number of nitrogens with one attached hydrogen (secondary N) is 2. The monoisotopic (exact) mass is 448 g/mol. The van der Waals surface area contributed by atoms with Gasteiger partial charge >= 0.3 is 0 Å². The molecule has 0 aromatic heterocycles. The molecule has 2 fully saturated rings. The molecule has 2 aliphatic rings. The molecule has 174 valence electrons. The quantitative estimate of drug-likeness (QED) is 0.622. The minimum atomic E-state index is 0.0869. The topological polar surface area (TPSA) is 49.0 Å². The van der Waals surface area contributed by atoms with Crippen LogP contribution in [0.3, 0.4) is 0 Å². The molecule has 0 saturated carbocycles. The van der Waals surface area contributed by atoms with E-state index in [1.807, 2.05) is 12.1 Å². The Morgan fingerprint density at radius 2 is 1.77 bits per heavy atom. The fraction of sp³-hybridized carbons (Fsp3) is 0.708. The summed E-state index contributed by atoms with van der Waals surface area (Å²) in [6.07, 6.45) is 2.10. The van der Waals surface area contributed by atoms with Crippen molar-refractivity contribution in [1.82, 2.24) is 20.4 Å². The van der Waals surface area contributed by atoms with Gasteiger partial charge in [0, 0.05) is 49.8 Å². The highest BCUT2D eigenvalue weighted by Crippen LogP contribution is 2.28. The average Bonchev–Trinajstić information content (AvgIpc) is 2.70. The van der Waals surface area contributed by atoms with Gasteiger partial charge < -0.3 is 25.0 Å². The van der Waals surface area contributed by atoms with E-state index < -0.39 is 0 Å². The first-order valence-corrected chi connectivity index (χ1v) is 11.8. The van der Waals surface area contributed by atoms with Gasteiger partial charge in [0.05, 0.1) is 20.3 Å². The highest BCUT2D eigenvalue weighted by atomic mass is 32.1. The van der Waals surface area contributed by atoms with Crippen molar-refractivity contribution in [3.8, 4) is 5.75 Å². The molecule has 1 aromatic carbocycles. The second-order valence-corrected chi connectivity index (χ2v) is 10.6. The van der Waals surface area contributed by atoms with Gasteiger partial charge in [-0.3, -0.25) is 4.90 Å². The molecule has 0 atom stereocenters. The third kappa shape index (κ3) is 7.59. The van der Waals surface area contributed by atoms with Crippen molar-refractivity contribution >= 4 is 17.3 Å². The lowest BCUT2D eigenvalue weighted by molar-refractivity contribution is 0.0356. The molecule has 0 amide bonds. The summed E-state index contributed by atoms with van der Waals surface area (Å²) in [5.41, 5.74) is 1.41. The van der Waals surface area contributed by atoms with E-state index in [1.54, 1.807) is 7.11 Å². The van der Waals surface area contributed by atoms with E-state index in [9.17, 15) is 0 Å². The molecule has 31 heavy (non-hydrogen) atoms. The lowest BCUT2D eigenvalue weighted by Gasteiger charge is -2.47. The predicted molar refractivity (Wildman–Crippen MR) is 131 cm³/mol. The van der Waals surface area contributed by atoms with Crippen molar-refractivity contribution in [2.24, 2.45) is 0 Å². The Morgan fingerprint density at radius 3 is 2.35 bits per heavy atom. The highest BCUT2D eigenvalue weighted by molar-refractivity contribution is 7.80. The van der Waals surface area contributed by atoms with Crippen LogP contribution in [0.25, 0.3) is 0 Å². The Bertz CT molecular complexity index is 701. The first-order valence-electron chi connectivity index (χ1n) is 11.4. The van der Waals surface area contributed by atoms with Gasteiger partial charge in [-0.2, -0.15) is 0 Å². The highest BCUT2D eigenvalue weighted by Gasteiger charge is 2.38. The smallest absolute Gasteiger partial charge is 0.169 e. The van der Waals surface area contributed by atoms with Crippen molar-refractivity contribution in [1.29, 1.82) is 0 Å². The van der Waals surface area contributed by atoms with Crippen LogP contribution in [0.15, 0.2) is 24.3 Å². The molecule has 2 aliphatic heterocycles. The molecule has 3 rings (SSSR count). The van der Waals surface area contributed by atoms with Gasteiger partial charge in [-0.25, -0.2) is 0 Å². The van der Waals surface area contributed by atoms with E-state index in [1.165, 1.54) is 5.56 Å². The second kappa shape index (κ2) is 10.5. The van der Waals surface area contributed by atoms with E-state index in [4.69, 9.17) is 21.7 Å². The molecule has 2 N–H and O–H groups in total. The number of rotatable bonds is 7. The lowest BCUT2D eigenvalue weighted by atomic mass is 9.80. The summed E-state index contributed by atoms with van der Waals surface area (Å²) in [5.74, 6) is 0.878. The number of nitrogens with zero attached hydrogens (tertiary/aromatic N) is 2. The summed E-state index contributed by atoms with van der Waals surface area (Å²) in [5, 5.41) is 8.32. The number of thiocarbonyl (C=S) groups is 1. The van der Waals surface area contributed by atoms with Crippen molar-refractivity contribution in [2.75, 3.05) is 46.5 Å². The number of ether oxygens (including phenoxy) is 2. The van der Waals surface area contributed by atoms with Crippen LogP contribution >= 0.6 is 12.2 Å². The zero-order valence-electron chi connectivity index (χ0n) is 19.9. The van der Waals surface area contributed by atoms with Crippen LogP contribution in [0, 0.1) is 0 Å². The maximum atomic E-state index is 5.95. The van der Waals surface area contributed by atoms with E-state index in [2.05, 4.69) is 60.3 Å². The van der Waals surface area contributed by atoms with Crippen LogP contribution in [0.1, 0.15) is 46.1 Å². The van der Waals surface area contributed by atoms with Gasteiger partial charge in [-0.15, -0.1) is 0 Å². The molecule has 2 saturated heterocycles. The Labute approximate surface area is 193 Å². The molecule has 1 aromatic rings. The Hall–Kier alpha value is -1.41. The molecular formula is C24H40N4O2S. The second-order valence-electron chi connectivity index (χ2n) is 10.2. The molecule has 2 heterocycles. The number of piperidine rings is 1. The van der Waals surface area contributed by atoms with Gasteiger partial charge in [-0.1, -0.05) is 12.1 Å². The van der Waals surface area contributed by atoms with Gasteiger partial charge in [0.25, 0.3) is 0 Å². The largest absolute Gasteiger partial charge is 0.497 e. The van der Waals surface area contributed by atoms with E-state index in [0.717, 1.165) is 69.6 Å². The number of methoxy groups -OCH3 is 1. The van der Waals surface area contributed by atoms with Crippen molar-refractivity contribution in [3.63, 3.8) is 0 Å². The van der Waals surface area contributed by atoms with Gasteiger partial charge in [-0.05, 0) is 70.5 Å². The van der Waals surface area contributed by atoms with Crippen LogP contribution in [0.2, 0.25) is 0 Å². The lowest BCUT2D eigenvalue weighted by Crippen LogP contribution is -2.63. The molecule has 0 aliphatic carbocycles. The molecular weight excluding hydrogens is 408 g/mol. The SMILES string of the molecule is COc1ccc(CN(CCN2CCOCC2)C(=S)NC2CC(C)(C)NC(C)(C)C2)cc1. The zero-order valence-corrected chi connectivity index (χ0v) is 20.7. The molecule has 0 spiro atoms. The van der Waals surface area contributed by atoms with E-state index >= 15 is 0 Å². The Kier molecular flexibility index (Phi) is 8.19. The van der Waals surface area contributed by atoms with Gasteiger partial charge in [0.2, 0.25) is 0 Å². The Morgan fingerprint density at radius 1 is 1.16 bits per heavy atom. The first-order chi connectivity index (χ1) is 14.7. The summed E-state index contributed by atoms with van der Waals surface area (Å²) >= 11 is 5.95. The van der Waals surface area contributed by atoms with Crippen molar-refractivity contribution in [3.05, 3.63) is 29.8 Å². The maximum absolute atomic E-state index is 5.95. The van der Waals surface area contributed by atoms with Crippen LogP contribution < -0.4 is 15.4 Å². The number of hydrogen-bond donors (Lipinski definition) is 2. The zero-order chi connectivity index (χ0) is 22.5. The summed E-state index contributed by atoms with van der Waals surface area (Å²) in [7, 11) is 1.70. The van der Waals surface area contributed by atoms with E-state index in [-0.39, 0.29) is 11.1 Å². The summed E-state index contributed by atoms with van der Waals surface area (Å²) in [6, 6.07) is 8.65. The molecule has 0 bridgehead atoms. The predicted octanol–water partition coefficient (Wildman–Crippen LogP) is 3.01. The normalized spacial score (nSPS) is 21.5. The first kappa shape index (κ1) is 24.2. The van der Waals surface area contributed by atoms with Gasteiger partial charge in [0.15, 0.2) is 5.11 Å². The standard InChI is InChI=1S/C24H40N4O2S/c1-23(2)16-20(17-24(3,4)26-23)25-22(31)28(11-10-27-12-14-30-15-13-27)18-19-6-8-21(29-5)9-7-19/h6-9,20,26H,10-18H2,1-5H3,(H,25,31). The molecule has 0 unspecified atom stereocenters. The summed E-state index contributed by atoms with van der Waals surface area (Å²) < 4.78 is 10.8. The average molecular weight is 449 g/mol. The molecule has 7 heteroatoms. The number of hydrogen-bond acceptors (Lipinski definition) is 5.